The molecule has 1 aliphatic carbocycles. The van der Waals surface area contributed by atoms with Crippen LogP contribution in [-0.4, -0.2) is 28.5 Å². The Morgan fingerprint density at radius 3 is 2.58 bits per heavy atom. The van der Waals surface area contributed by atoms with Gasteiger partial charge in [0.25, 0.3) is 0 Å². The van der Waals surface area contributed by atoms with Gasteiger partial charge in [0.05, 0.1) is 32.4 Å². The molecule has 3 aromatic carbocycles. The minimum Gasteiger partial charge on any atom is -0.466 e. The first-order chi connectivity index (χ1) is 18.9. The number of benzene rings is 3. The van der Waals surface area contributed by atoms with Gasteiger partial charge in [-0.05, 0) is 65.4 Å². The standard InChI is InChI=1S/C32H33N3O3/c1-34-22-33-29-17-16-27(20-30(29)34)25-14-11-24(12-15-25)21-35(32(37)26-8-4-3-5-9-26)28-10-6-7-23(19-28)13-18-31(36)38-2/h6-7,10-20,22,26H,3-5,8-9,21H2,1-2H3/b18-13+/i21D. The number of fused-ring (bicyclic) bond motifs is 1. The first kappa shape index (κ1) is 24.2. The lowest BCUT2D eigenvalue weighted by molar-refractivity contribution is -0.134. The molecular formula is C32H33N3O3. The highest BCUT2D eigenvalue weighted by Crippen LogP contribution is 2.30. The van der Waals surface area contributed by atoms with Crippen LogP contribution in [0.4, 0.5) is 5.69 Å². The summed E-state index contributed by atoms with van der Waals surface area (Å²) in [5, 5.41) is 0. The average molecular weight is 509 g/mol. The largest absolute Gasteiger partial charge is 0.466 e. The highest BCUT2D eigenvalue weighted by Gasteiger charge is 2.27. The minimum absolute atomic E-state index is 0.0190. The van der Waals surface area contributed by atoms with E-state index in [0.29, 0.717) is 5.69 Å². The van der Waals surface area contributed by atoms with Gasteiger partial charge in [-0.2, -0.15) is 0 Å². The van der Waals surface area contributed by atoms with Gasteiger partial charge in [0, 0.05) is 24.7 Å². The Labute approximate surface area is 225 Å². The Kier molecular flexibility index (Phi) is 7.29. The molecule has 38 heavy (non-hydrogen) atoms. The Bertz CT molecular complexity index is 1500. The molecule has 1 heterocycles. The average Bonchev–Trinajstić information content (AvgIpc) is 3.36. The van der Waals surface area contributed by atoms with Crippen molar-refractivity contribution in [2.24, 2.45) is 13.0 Å². The van der Waals surface area contributed by atoms with Crippen molar-refractivity contribution in [3.63, 3.8) is 0 Å². The summed E-state index contributed by atoms with van der Waals surface area (Å²) >= 11 is 0. The minimum atomic E-state index is -0.909. The number of amides is 1. The van der Waals surface area contributed by atoms with Gasteiger partial charge in [-0.25, -0.2) is 9.78 Å². The number of imidazole rings is 1. The van der Waals surface area contributed by atoms with Crippen LogP contribution in [0.15, 0.2) is 79.1 Å². The van der Waals surface area contributed by atoms with Crippen LogP contribution in [0.2, 0.25) is 0 Å². The maximum Gasteiger partial charge on any atom is 0.330 e. The topological polar surface area (TPSA) is 64.4 Å². The van der Waals surface area contributed by atoms with E-state index in [1.165, 1.54) is 13.2 Å². The number of methoxy groups -OCH3 is 1. The summed E-state index contributed by atoms with van der Waals surface area (Å²) in [6.07, 6.45) is 9.72. The SMILES string of the molecule is [2H]C(c1ccc(-c2ccc3ncn(C)c3c2)cc1)N(C(=O)C1CCCCC1)c1cccc(/C=C/C(=O)OC)c1. The number of hydrogen-bond acceptors (Lipinski definition) is 4. The summed E-state index contributed by atoms with van der Waals surface area (Å²) in [6, 6.07) is 21.5. The van der Waals surface area contributed by atoms with E-state index in [0.717, 1.165) is 65.4 Å². The molecule has 0 radical (unpaired) electrons. The van der Waals surface area contributed by atoms with Crippen molar-refractivity contribution in [1.29, 1.82) is 0 Å². The molecule has 4 aromatic rings. The van der Waals surface area contributed by atoms with Crippen molar-refractivity contribution >= 4 is 34.7 Å². The lowest BCUT2D eigenvalue weighted by Crippen LogP contribution is -2.36. The highest BCUT2D eigenvalue weighted by atomic mass is 16.5. The van der Waals surface area contributed by atoms with Gasteiger partial charge in [0.15, 0.2) is 0 Å². The molecule has 6 heteroatoms. The van der Waals surface area contributed by atoms with E-state index in [-0.39, 0.29) is 11.8 Å². The summed E-state index contributed by atoms with van der Waals surface area (Å²) in [5.74, 6) is -0.558. The van der Waals surface area contributed by atoms with Gasteiger partial charge in [-0.15, -0.1) is 0 Å². The van der Waals surface area contributed by atoms with Crippen LogP contribution in [0, 0.1) is 5.92 Å². The summed E-state index contributed by atoms with van der Waals surface area (Å²) in [5.41, 5.74) is 6.24. The number of nitrogens with zero attached hydrogens (tertiary/aromatic N) is 3. The number of anilines is 1. The zero-order chi connectivity index (χ0) is 27.4. The first-order valence-electron chi connectivity index (χ1n) is 13.6. The summed E-state index contributed by atoms with van der Waals surface area (Å²) in [7, 11) is 3.31. The van der Waals surface area contributed by atoms with Gasteiger partial charge in [0.1, 0.15) is 0 Å². The van der Waals surface area contributed by atoms with Crippen molar-refractivity contribution in [2.45, 2.75) is 38.6 Å². The fourth-order valence-corrected chi connectivity index (χ4v) is 5.04. The Hall–Kier alpha value is -4.19. The van der Waals surface area contributed by atoms with Crippen LogP contribution < -0.4 is 4.90 Å². The zero-order valence-electron chi connectivity index (χ0n) is 22.8. The zero-order valence-corrected chi connectivity index (χ0v) is 21.8. The third-order valence-electron chi connectivity index (χ3n) is 7.20. The number of rotatable bonds is 7. The number of hydrogen-bond donors (Lipinski definition) is 0. The molecule has 0 N–H and O–H groups in total. The summed E-state index contributed by atoms with van der Waals surface area (Å²) in [4.78, 5) is 31.5. The van der Waals surface area contributed by atoms with Gasteiger partial charge in [-0.3, -0.25) is 4.79 Å². The maximum atomic E-state index is 13.9. The quantitative estimate of drug-likeness (QED) is 0.210. The van der Waals surface area contributed by atoms with E-state index in [2.05, 4.69) is 17.1 Å². The molecule has 1 unspecified atom stereocenters. The fraction of sp³-hybridized carbons (Fsp3) is 0.281. The van der Waals surface area contributed by atoms with Gasteiger partial charge in [0.2, 0.25) is 5.91 Å². The molecule has 5 rings (SSSR count). The third kappa shape index (κ3) is 5.70. The second-order valence-electron chi connectivity index (χ2n) is 9.80. The van der Waals surface area contributed by atoms with Gasteiger partial charge < -0.3 is 14.2 Å². The molecule has 1 amide bonds. The Morgan fingerprint density at radius 1 is 1.05 bits per heavy atom. The Balaban J connectivity index is 1.46. The number of ether oxygens (including phenoxy) is 1. The van der Waals surface area contributed by atoms with E-state index in [1.54, 1.807) is 17.3 Å². The van der Waals surface area contributed by atoms with Crippen LogP contribution in [0.5, 0.6) is 0 Å². The van der Waals surface area contributed by atoms with Crippen molar-refractivity contribution in [3.05, 3.63) is 90.3 Å². The number of aromatic nitrogens is 2. The molecule has 0 spiro atoms. The predicted octanol–water partition coefficient (Wildman–Crippen LogP) is 6.54. The van der Waals surface area contributed by atoms with Crippen LogP contribution in [-0.2, 0) is 27.9 Å². The number of carbonyl (C=O) groups is 2. The van der Waals surface area contributed by atoms with Gasteiger partial charge >= 0.3 is 5.97 Å². The molecule has 1 atom stereocenters. The molecule has 1 aromatic heterocycles. The van der Waals surface area contributed by atoms with Gasteiger partial charge in [-0.1, -0.05) is 61.7 Å². The van der Waals surface area contributed by atoms with Crippen molar-refractivity contribution in [1.82, 2.24) is 9.55 Å². The van der Waals surface area contributed by atoms with E-state index < -0.39 is 12.5 Å². The lowest BCUT2D eigenvalue weighted by Gasteiger charge is -2.30. The molecule has 0 saturated heterocycles. The molecule has 1 aliphatic rings. The molecule has 0 bridgehead atoms. The molecule has 194 valence electrons. The monoisotopic (exact) mass is 508 g/mol. The number of esters is 1. The van der Waals surface area contributed by atoms with Crippen molar-refractivity contribution in [3.8, 4) is 11.1 Å². The van der Waals surface area contributed by atoms with E-state index in [4.69, 9.17) is 4.74 Å². The van der Waals surface area contributed by atoms with Crippen molar-refractivity contribution in [2.75, 3.05) is 12.0 Å². The van der Waals surface area contributed by atoms with E-state index in [1.807, 2.05) is 66.2 Å². The molecular weight excluding hydrogens is 474 g/mol. The number of carbonyl (C=O) groups excluding carboxylic acids is 2. The normalized spacial score (nSPS) is 15.4. The third-order valence-corrected chi connectivity index (χ3v) is 7.20. The Morgan fingerprint density at radius 2 is 1.82 bits per heavy atom. The van der Waals surface area contributed by atoms with Crippen molar-refractivity contribution < 1.29 is 15.7 Å². The second kappa shape index (κ2) is 11.5. The van der Waals surface area contributed by atoms with Crippen LogP contribution >= 0.6 is 0 Å². The smallest absolute Gasteiger partial charge is 0.330 e. The fourth-order valence-electron chi connectivity index (χ4n) is 5.04. The summed E-state index contributed by atoms with van der Waals surface area (Å²) in [6.45, 7) is -0.909. The molecule has 6 nitrogen and oxygen atoms in total. The summed E-state index contributed by atoms with van der Waals surface area (Å²) < 4.78 is 15.9. The van der Waals surface area contributed by atoms with E-state index in [9.17, 15) is 11.0 Å². The number of aryl methyl sites for hydroxylation is 1. The maximum absolute atomic E-state index is 13.9. The van der Waals surface area contributed by atoms with E-state index >= 15 is 0 Å². The second-order valence-corrected chi connectivity index (χ2v) is 9.80. The molecule has 0 aliphatic heterocycles. The molecule has 1 saturated carbocycles. The van der Waals surface area contributed by atoms with Crippen LogP contribution in [0.3, 0.4) is 0 Å². The first-order valence-corrected chi connectivity index (χ1v) is 13.1. The predicted molar refractivity (Wildman–Crippen MR) is 151 cm³/mol. The van der Waals surface area contributed by atoms with Crippen LogP contribution in [0.1, 0.15) is 44.6 Å². The highest BCUT2D eigenvalue weighted by molar-refractivity contribution is 5.95. The molecule has 1 fully saturated rings. The van der Waals surface area contributed by atoms with Crippen LogP contribution in [0.25, 0.3) is 28.2 Å². The lowest BCUT2D eigenvalue weighted by atomic mass is 9.88.